The molecule has 0 aliphatic carbocycles. The van der Waals surface area contributed by atoms with E-state index in [1.165, 1.54) is 0 Å². The van der Waals surface area contributed by atoms with E-state index in [0.29, 0.717) is 35.2 Å². The van der Waals surface area contributed by atoms with Gasteiger partial charge < -0.3 is 19.3 Å². The van der Waals surface area contributed by atoms with Gasteiger partial charge >= 0.3 is 0 Å². The molecule has 1 heterocycles. The van der Waals surface area contributed by atoms with Crippen molar-refractivity contribution in [2.24, 2.45) is 5.92 Å². The summed E-state index contributed by atoms with van der Waals surface area (Å²) in [6.45, 7) is 1.13. The zero-order valence-electron chi connectivity index (χ0n) is 20.1. The highest BCUT2D eigenvalue weighted by Gasteiger charge is 2.43. The van der Waals surface area contributed by atoms with Crippen molar-refractivity contribution in [2.75, 3.05) is 34.4 Å². The number of benzene rings is 3. The van der Waals surface area contributed by atoms with E-state index in [1.807, 2.05) is 48.5 Å². The molecule has 6 nitrogen and oxygen atoms in total. The van der Waals surface area contributed by atoms with Gasteiger partial charge in [-0.3, -0.25) is 9.59 Å². The number of hydrogen-bond donors (Lipinski definition) is 0. The molecule has 0 spiro atoms. The summed E-state index contributed by atoms with van der Waals surface area (Å²) in [5, 5.41) is 0.393. The fourth-order valence-corrected chi connectivity index (χ4v) is 4.90. The lowest BCUT2D eigenvalue weighted by molar-refractivity contribution is -0.134. The monoisotopic (exact) mass is 492 g/mol. The zero-order valence-corrected chi connectivity index (χ0v) is 20.9. The molecule has 0 N–H and O–H groups in total. The van der Waals surface area contributed by atoms with Crippen molar-refractivity contribution in [3.8, 4) is 11.5 Å². The van der Waals surface area contributed by atoms with Crippen LogP contribution in [0.4, 0.5) is 0 Å². The highest BCUT2D eigenvalue weighted by molar-refractivity contribution is 6.33. The molecule has 4 rings (SSSR count). The third-order valence-electron chi connectivity index (χ3n) is 6.50. The van der Waals surface area contributed by atoms with Crippen molar-refractivity contribution in [1.29, 1.82) is 0 Å². The predicted octanol–water partition coefficient (Wildman–Crippen LogP) is 4.87. The average molecular weight is 493 g/mol. The van der Waals surface area contributed by atoms with E-state index in [2.05, 4.69) is 0 Å². The van der Waals surface area contributed by atoms with E-state index in [4.69, 9.17) is 21.1 Å². The minimum Gasteiger partial charge on any atom is -0.497 e. The minimum absolute atomic E-state index is 0.0295. The summed E-state index contributed by atoms with van der Waals surface area (Å²) in [5.41, 5.74) is 2.31. The van der Waals surface area contributed by atoms with Gasteiger partial charge in [-0.25, -0.2) is 0 Å². The Morgan fingerprint density at radius 1 is 0.971 bits per heavy atom. The molecular weight excluding hydrogens is 464 g/mol. The fraction of sp³-hybridized carbons (Fsp3) is 0.286. The average Bonchev–Trinajstić information content (AvgIpc) is 3.33. The zero-order chi connectivity index (χ0) is 24.9. The lowest BCUT2D eigenvalue weighted by Crippen LogP contribution is -2.36. The molecule has 1 aliphatic heterocycles. The van der Waals surface area contributed by atoms with E-state index in [-0.39, 0.29) is 24.3 Å². The Labute approximate surface area is 211 Å². The standard InChI is InChI=1S/C28H29ClN2O4/c1-30(16-19-9-5-4-6-10-19)27(32)24-18-31(28(33)21-11-7-8-12-25(21)29)17-23(24)22-15-20(34-2)13-14-26(22)35-3/h4-15,23-24H,16-18H2,1-3H3/t23-,24-/m0/s1. The molecule has 2 atom stereocenters. The number of nitrogens with zero attached hydrogens (tertiary/aromatic N) is 2. The maximum atomic E-state index is 13.7. The Balaban J connectivity index is 1.68. The summed E-state index contributed by atoms with van der Waals surface area (Å²) in [6.07, 6.45) is 0. The number of ether oxygens (including phenoxy) is 2. The highest BCUT2D eigenvalue weighted by atomic mass is 35.5. The van der Waals surface area contributed by atoms with Gasteiger partial charge in [-0.05, 0) is 35.9 Å². The van der Waals surface area contributed by atoms with Gasteiger partial charge in [0.1, 0.15) is 11.5 Å². The first kappa shape index (κ1) is 24.6. The van der Waals surface area contributed by atoms with Crippen molar-refractivity contribution >= 4 is 23.4 Å². The lowest BCUT2D eigenvalue weighted by atomic mass is 9.87. The third kappa shape index (κ3) is 5.28. The van der Waals surface area contributed by atoms with Crippen LogP contribution in [0.1, 0.15) is 27.4 Å². The van der Waals surface area contributed by atoms with Gasteiger partial charge in [-0.1, -0.05) is 54.1 Å². The van der Waals surface area contributed by atoms with E-state index in [0.717, 1.165) is 11.1 Å². The molecule has 0 radical (unpaired) electrons. The predicted molar refractivity (Wildman–Crippen MR) is 136 cm³/mol. The topological polar surface area (TPSA) is 59.1 Å². The lowest BCUT2D eigenvalue weighted by Gasteiger charge is -2.25. The Kier molecular flexibility index (Phi) is 7.61. The van der Waals surface area contributed by atoms with Crippen molar-refractivity contribution in [1.82, 2.24) is 9.80 Å². The molecule has 0 bridgehead atoms. The van der Waals surface area contributed by atoms with Gasteiger partial charge in [0.15, 0.2) is 0 Å². The Hall–Kier alpha value is -3.51. The van der Waals surface area contributed by atoms with Gasteiger partial charge in [0.25, 0.3) is 5.91 Å². The van der Waals surface area contributed by atoms with Crippen LogP contribution in [0, 0.1) is 5.92 Å². The van der Waals surface area contributed by atoms with Crippen molar-refractivity contribution < 1.29 is 19.1 Å². The molecule has 3 aromatic rings. The summed E-state index contributed by atoms with van der Waals surface area (Å²) < 4.78 is 11.1. The van der Waals surface area contributed by atoms with Crippen LogP contribution >= 0.6 is 11.6 Å². The van der Waals surface area contributed by atoms with Gasteiger partial charge in [0, 0.05) is 38.2 Å². The van der Waals surface area contributed by atoms with Crippen LogP contribution in [0.25, 0.3) is 0 Å². The third-order valence-corrected chi connectivity index (χ3v) is 6.83. The van der Waals surface area contributed by atoms with Crippen molar-refractivity contribution in [3.63, 3.8) is 0 Å². The second-order valence-corrected chi connectivity index (χ2v) is 9.10. The van der Waals surface area contributed by atoms with Crippen molar-refractivity contribution in [3.05, 3.63) is 94.5 Å². The van der Waals surface area contributed by atoms with E-state index in [1.54, 1.807) is 55.3 Å². The van der Waals surface area contributed by atoms with E-state index >= 15 is 0 Å². The summed E-state index contributed by atoms with van der Waals surface area (Å²) in [6, 6.07) is 22.4. The van der Waals surface area contributed by atoms with Crippen LogP contribution in [0.3, 0.4) is 0 Å². The molecule has 0 aromatic heterocycles. The number of carbonyl (C=O) groups is 2. The Bertz CT molecular complexity index is 1200. The molecule has 0 saturated carbocycles. The number of hydrogen-bond acceptors (Lipinski definition) is 4. The number of halogens is 1. The van der Waals surface area contributed by atoms with Crippen LogP contribution in [-0.4, -0.2) is 56.0 Å². The first-order valence-corrected chi connectivity index (χ1v) is 11.8. The summed E-state index contributed by atoms with van der Waals surface area (Å²) in [4.78, 5) is 30.6. The second-order valence-electron chi connectivity index (χ2n) is 8.69. The number of amides is 2. The quantitative estimate of drug-likeness (QED) is 0.472. The molecule has 182 valence electrons. The Morgan fingerprint density at radius 3 is 2.37 bits per heavy atom. The van der Waals surface area contributed by atoms with Crippen LogP contribution in [0.5, 0.6) is 11.5 Å². The van der Waals surface area contributed by atoms with E-state index < -0.39 is 5.92 Å². The largest absolute Gasteiger partial charge is 0.497 e. The van der Waals surface area contributed by atoms with E-state index in [9.17, 15) is 9.59 Å². The first-order chi connectivity index (χ1) is 16.9. The van der Waals surface area contributed by atoms with Gasteiger partial charge in [0.2, 0.25) is 5.91 Å². The molecule has 7 heteroatoms. The minimum atomic E-state index is -0.448. The normalized spacial score (nSPS) is 17.2. The number of rotatable bonds is 7. The first-order valence-electron chi connectivity index (χ1n) is 11.5. The van der Waals surface area contributed by atoms with Gasteiger partial charge in [-0.2, -0.15) is 0 Å². The maximum absolute atomic E-state index is 13.7. The van der Waals surface area contributed by atoms with Crippen LogP contribution in [-0.2, 0) is 11.3 Å². The van der Waals surface area contributed by atoms with Gasteiger partial charge in [-0.15, -0.1) is 0 Å². The number of likely N-dealkylation sites (tertiary alicyclic amines) is 1. The van der Waals surface area contributed by atoms with Crippen LogP contribution < -0.4 is 9.47 Å². The number of methoxy groups -OCH3 is 2. The van der Waals surface area contributed by atoms with Crippen LogP contribution in [0.15, 0.2) is 72.8 Å². The molecule has 1 saturated heterocycles. The molecular formula is C28H29ClN2O4. The van der Waals surface area contributed by atoms with Crippen LogP contribution in [0.2, 0.25) is 5.02 Å². The Morgan fingerprint density at radius 2 is 1.69 bits per heavy atom. The van der Waals surface area contributed by atoms with Gasteiger partial charge in [0.05, 0.1) is 30.7 Å². The smallest absolute Gasteiger partial charge is 0.255 e. The summed E-state index contributed by atoms with van der Waals surface area (Å²) >= 11 is 6.32. The summed E-state index contributed by atoms with van der Waals surface area (Å²) in [7, 11) is 5.00. The fourth-order valence-electron chi connectivity index (χ4n) is 4.69. The molecule has 1 aliphatic rings. The van der Waals surface area contributed by atoms with Crippen molar-refractivity contribution in [2.45, 2.75) is 12.5 Å². The molecule has 1 fully saturated rings. The highest BCUT2D eigenvalue weighted by Crippen LogP contribution is 2.41. The SMILES string of the molecule is COc1ccc(OC)c([C@@H]2CN(C(=O)c3ccccc3Cl)C[C@@H]2C(=O)N(C)Cc2ccccc2)c1. The molecule has 2 amide bonds. The summed E-state index contributed by atoms with van der Waals surface area (Å²) in [5.74, 6) is 0.391. The second kappa shape index (κ2) is 10.8. The molecule has 0 unspecified atom stereocenters. The molecule has 35 heavy (non-hydrogen) atoms. The maximum Gasteiger partial charge on any atom is 0.255 e. The molecule has 3 aromatic carbocycles. The number of carbonyl (C=O) groups excluding carboxylic acids is 2.